The summed E-state index contributed by atoms with van der Waals surface area (Å²) in [5, 5.41) is 6.76. The van der Waals surface area contributed by atoms with E-state index in [4.69, 9.17) is 10.2 Å². The van der Waals surface area contributed by atoms with E-state index >= 15 is 0 Å². The molecule has 0 aliphatic carbocycles. The van der Waals surface area contributed by atoms with Crippen LogP contribution in [0, 0.1) is 0 Å². The molecule has 0 saturated heterocycles. The van der Waals surface area contributed by atoms with Crippen LogP contribution in [0.3, 0.4) is 0 Å². The molecule has 0 bridgehead atoms. The second-order valence-corrected chi connectivity index (χ2v) is 0.0913. The van der Waals surface area contributed by atoms with E-state index in [2.05, 4.69) is 0 Å². The second-order valence-electron chi connectivity index (χ2n) is 0.0913. The summed E-state index contributed by atoms with van der Waals surface area (Å²) >= 11 is 0. The maximum atomic E-state index is 8.24. The van der Waals surface area contributed by atoms with E-state index in [1.54, 1.807) is 0 Å². The number of nitrogens with zero attached hydrogens (tertiary/aromatic N) is 1. The topological polar surface area (TPSA) is 39.4 Å². The standard InChI is InChI=1S/CNO.H2S/c2-1-3;/h;1H2/q-1;. The molecule has 2 nitrogen and oxygen atoms in total. The molecular weight excluding hydrogens is 74.1 g/mol. The van der Waals surface area contributed by atoms with E-state index in [1.165, 1.54) is 0 Å². The fourth-order valence-corrected chi connectivity index (χ4v) is 0. The van der Waals surface area contributed by atoms with Gasteiger partial charge in [0, 0.05) is 0 Å². The van der Waals surface area contributed by atoms with Crippen LogP contribution >= 0.6 is 13.5 Å². The molecule has 0 amide bonds. The third-order valence-electron chi connectivity index (χ3n) is 0. The van der Waals surface area contributed by atoms with Crippen LogP contribution in [0.15, 0.2) is 0 Å². The van der Waals surface area contributed by atoms with Gasteiger partial charge in [0.25, 0.3) is 0 Å². The smallest absolute Gasteiger partial charge is 0.0159 e. The van der Waals surface area contributed by atoms with Crippen molar-refractivity contribution in [1.29, 1.82) is 0 Å². The highest BCUT2D eigenvalue weighted by molar-refractivity contribution is 7.59. The molecular formula is CH2NOS-. The average Bonchev–Trinajstić information content (AvgIpc) is 0.918. The molecule has 0 aromatic rings. The molecule has 0 rings (SSSR count). The van der Waals surface area contributed by atoms with Crippen LogP contribution < -0.4 is 0 Å². The Morgan fingerprint density at radius 3 is 1.75 bits per heavy atom. The summed E-state index contributed by atoms with van der Waals surface area (Å²) in [5.74, 6) is 0. The highest BCUT2D eigenvalue weighted by atomic mass is 32.1. The first-order valence-corrected chi connectivity index (χ1v) is 0.428. The van der Waals surface area contributed by atoms with Crippen molar-refractivity contribution in [2.45, 2.75) is 0 Å². The highest BCUT2D eigenvalue weighted by Gasteiger charge is 0.791. The molecule has 0 aliphatic heterocycles. The Morgan fingerprint density at radius 1 is 1.75 bits per heavy atom. The Labute approximate surface area is 30.8 Å². The van der Waals surface area contributed by atoms with E-state index in [1.807, 2.05) is 0 Å². The summed E-state index contributed by atoms with van der Waals surface area (Å²) < 4.78 is 0. The first kappa shape index (κ1) is 9.29. The normalized spacial score (nSPS) is 2.00. The minimum Gasteiger partial charge on any atom is -0.724 e. The summed E-state index contributed by atoms with van der Waals surface area (Å²) in [4.78, 5) is 8.24. The molecule has 0 radical (unpaired) electrons. The maximum Gasteiger partial charge on any atom is -0.0159 e. The van der Waals surface area contributed by atoms with Gasteiger partial charge in [-0.25, -0.2) is 0 Å². The molecule has 0 spiro atoms. The van der Waals surface area contributed by atoms with Crippen molar-refractivity contribution >= 4 is 19.6 Å². The van der Waals surface area contributed by atoms with Crippen molar-refractivity contribution in [2.75, 3.05) is 0 Å². The van der Waals surface area contributed by atoms with Gasteiger partial charge in [-0.1, -0.05) is 0 Å². The third-order valence-corrected chi connectivity index (χ3v) is 0. The van der Waals surface area contributed by atoms with Gasteiger partial charge in [-0.05, 0) is 6.08 Å². The second kappa shape index (κ2) is 15.3. The first-order valence-electron chi connectivity index (χ1n) is 0.428. The first-order chi connectivity index (χ1) is 1.41. The number of hydrogen-bond donors (Lipinski definition) is 0. The maximum absolute atomic E-state index is 8.24. The lowest BCUT2D eigenvalue weighted by molar-refractivity contribution is 0.569. The predicted octanol–water partition coefficient (Wildman–Crippen LogP) is 0.00440. The number of isocyanates is 1. The SMILES string of the molecule is S.[N-]=C=O. The molecule has 0 fully saturated rings. The summed E-state index contributed by atoms with van der Waals surface area (Å²) in [6, 6.07) is 0. The van der Waals surface area contributed by atoms with Gasteiger partial charge < -0.3 is 5.41 Å². The van der Waals surface area contributed by atoms with Crippen molar-refractivity contribution in [3.63, 3.8) is 0 Å². The Hall–Kier alpha value is -0.270. The lowest BCUT2D eigenvalue weighted by Gasteiger charge is -1.32. The van der Waals surface area contributed by atoms with Crippen molar-refractivity contribution in [2.24, 2.45) is 0 Å². The monoisotopic (exact) mass is 76.0 g/mol. The van der Waals surface area contributed by atoms with Crippen LogP contribution in [0.25, 0.3) is 5.41 Å². The van der Waals surface area contributed by atoms with Gasteiger partial charge in [-0.15, -0.1) is 0 Å². The highest BCUT2D eigenvalue weighted by Crippen LogP contribution is 0.949. The molecule has 0 aromatic carbocycles. The Kier molecular flexibility index (Phi) is 35.6. The molecule has 0 atom stereocenters. The Bertz CT molecular complexity index is 29.0. The largest absolute Gasteiger partial charge is 0.724 e. The lowest BCUT2D eigenvalue weighted by atomic mass is 11.7. The molecule has 24 valence electrons. The van der Waals surface area contributed by atoms with E-state index in [-0.39, 0.29) is 13.5 Å². The van der Waals surface area contributed by atoms with Crippen LogP contribution in [0.1, 0.15) is 0 Å². The fraction of sp³-hybridized carbons (Fsp3) is 0. The van der Waals surface area contributed by atoms with Gasteiger partial charge in [0.05, 0.1) is 0 Å². The molecule has 0 aliphatic rings. The molecule has 0 heterocycles. The molecule has 0 N–H and O–H groups in total. The van der Waals surface area contributed by atoms with E-state index in [9.17, 15) is 0 Å². The van der Waals surface area contributed by atoms with Gasteiger partial charge in [-0.2, -0.15) is 13.5 Å². The fourth-order valence-electron chi connectivity index (χ4n) is 0. The van der Waals surface area contributed by atoms with E-state index in [0.717, 1.165) is 0 Å². The zero-order valence-electron chi connectivity index (χ0n) is 1.86. The van der Waals surface area contributed by atoms with Gasteiger partial charge in [0.2, 0.25) is 0 Å². The molecule has 0 unspecified atom stereocenters. The van der Waals surface area contributed by atoms with Gasteiger partial charge in [0.15, 0.2) is 0 Å². The predicted molar refractivity (Wildman–Crippen MR) is 19.4 cm³/mol. The van der Waals surface area contributed by atoms with Gasteiger partial charge >= 0.3 is 0 Å². The van der Waals surface area contributed by atoms with Crippen LogP contribution in [0.2, 0.25) is 0 Å². The van der Waals surface area contributed by atoms with Crippen LogP contribution in [0.4, 0.5) is 0 Å². The van der Waals surface area contributed by atoms with Crippen molar-refractivity contribution < 1.29 is 4.79 Å². The molecule has 4 heavy (non-hydrogen) atoms. The van der Waals surface area contributed by atoms with Crippen LogP contribution in [-0.4, -0.2) is 6.08 Å². The quantitative estimate of drug-likeness (QED) is 0.296. The summed E-state index contributed by atoms with van der Waals surface area (Å²) in [6.45, 7) is 0. The van der Waals surface area contributed by atoms with E-state index in [0.29, 0.717) is 6.08 Å². The summed E-state index contributed by atoms with van der Waals surface area (Å²) in [5.41, 5.74) is 0. The van der Waals surface area contributed by atoms with Crippen LogP contribution in [-0.2, 0) is 4.79 Å². The van der Waals surface area contributed by atoms with Gasteiger partial charge in [0.1, 0.15) is 0 Å². The summed E-state index contributed by atoms with van der Waals surface area (Å²) in [6.07, 6.45) is 0.500. The minimum absolute atomic E-state index is 0. The van der Waals surface area contributed by atoms with Crippen molar-refractivity contribution in [3.05, 3.63) is 5.41 Å². The zero-order valence-corrected chi connectivity index (χ0v) is 2.86. The number of hydrogen-bond acceptors (Lipinski definition) is 1. The average molecular weight is 76.1 g/mol. The zero-order chi connectivity index (χ0) is 2.71. The Morgan fingerprint density at radius 2 is 1.75 bits per heavy atom. The van der Waals surface area contributed by atoms with Crippen molar-refractivity contribution in [3.8, 4) is 0 Å². The Balaban J connectivity index is 0. The number of rotatable bonds is 0. The summed E-state index contributed by atoms with van der Waals surface area (Å²) in [7, 11) is 0. The van der Waals surface area contributed by atoms with Crippen molar-refractivity contribution in [1.82, 2.24) is 0 Å². The lowest BCUT2D eigenvalue weighted by Crippen LogP contribution is -1.13. The van der Waals surface area contributed by atoms with Crippen LogP contribution in [0.5, 0.6) is 0 Å². The van der Waals surface area contributed by atoms with E-state index < -0.39 is 0 Å². The number of carbonyl (C=O) groups excluding carboxylic acids is 1. The molecule has 3 heteroatoms. The third kappa shape index (κ3) is 12.6. The minimum atomic E-state index is 0. The van der Waals surface area contributed by atoms with Gasteiger partial charge in [-0.3, -0.25) is 4.79 Å². The molecule has 0 aromatic heterocycles. The molecule has 0 saturated carbocycles.